The quantitative estimate of drug-likeness (QED) is 0.598. The Morgan fingerprint density at radius 3 is 1.48 bits per heavy atom. The fraction of sp³-hybridized carbons (Fsp3) is 0.333. The van der Waals surface area contributed by atoms with E-state index in [4.69, 9.17) is 32.5 Å². The number of rotatable bonds is 6. The van der Waals surface area contributed by atoms with Crippen molar-refractivity contribution in [3.8, 4) is 11.5 Å². The Morgan fingerprint density at radius 1 is 0.739 bits per heavy atom. The van der Waals surface area contributed by atoms with Gasteiger partial charge in [0, 0.05) is 0 Å². The second-order valence-corrected chi connectivity index (χ2v) is 6.91. The normalized spacial score (nSPS) is 11.0. The van der Waals surface area contributed by atoms with E-state index in [-0.39, 0.29) is 7.69 Å². The maximum atomic E-state index is 6.17. The fourth-order valence-electron chi connectivity index (χ4n) is 2.14. The van der Waals surface area contributed by atoms with Crippen LogP contribution in [0.3, 0.4) is 0 Å². The Morgan fingerprint density at radius 2 is 1.13 bits per heavy atom. The van der Waals surface area contributed by atoms with Crippen LogP contribution in [0.15, 0.2) is 36.4 Å². The van der Waals surface area contributed by atoms with Gasteiger partial charge in [0.2, 0.25) is 0 Å². The van der Waals surface area contributed by atoms with Crippen LogP contribution in [0.25, 0.3) is 0 Å². The summed E-state index contributed by atoms with van der Waals surface area (Å²) in [7, 11) is 0.0581. The van der Waals surface area contributed by atoms with E-state index in [0.717, 1.165) is 0 Å². The predicted molar refractivity (Wildman–Crippen MR) is 99.5 cm³/mol. The molecule has 0 aromatic heterocycles. The first-order valence-electron chi connectivity index (χ1n) is 7.73. The summed E-state index contributed by atoms with van der Waals surface area (Å²) in [6.45, 7) is 8.50. The first kappa shape index (κ1) is 18.0. The average molecular weight is 351 g/mol. The molecule has 0 heterocycles. The summed E-state index contributed by atoms with van der Waals surface area (Å²) in [6, 6.07) is 11.6. The predicted octanol–water partition coefficient (Wildman–Crippen LogP) is 5.96. The molecule has 2 aromatic rings. The number of hydrogen-bond donors (Lipinski definition) is 0. The Balaban J connectivity index is 2.05. The van der Waals surface area contributed by atoms with Crippen molar-refractivity contribution in [3.05, 3.63) is 57.6 Å². The Hall–Kier alpha value is -1.32. The molecule has 2 rings (SSSR count). The summed E-state index contributed by atoms with van der Waals surface area (Å²) < 4.78 is 11.3. The molecule has 23 heavy (non-hydrogen) atoms. The highest BCUT2D eigenvalue weighted by Gasteiger charge is 2.10. The van der Waals surface area contributed by atoms with Gasteiger partial charge < -0.3 is 9.31 Å². The lowest BCUT2D eigenvalue weighted by molar-refractivity contribution is 0.458. The molecular formula is C18H21BCl2O2. The van der Waals surface area contributed by atoms with Crippen LogP contribution >= 0.6 is 23.2 Å². The van der Waals surface area contributed by atoms with E-state index in [0.29, 0.717) is 33.4 Å². The molecule has 0 aliphatic rings. The van der Waals surface area contributed by atoms with E-state index in [1.54, 1.807) is 0 Å². The van der Waals surface area contributed by atoms with E-state index < -0.39 is 0 Å². The summed E-state index contributed by atoms with van der Waals surface area (Å²) in [4.78, 5) is 0. The highest BCUT2D eigenvalue weighted by molar-refractivity contribution is 6.33. The maximum Gasteiger partial charge on any atom is 0.576 e. The van der Waals surface area contributed by atoms with Gasteiger partial charge in [0.05, 0.1) is 10.0 Å². The molecular weight excluding hydrogens is 330 g/mol. The molecule has 122 valence electrons. The molecule has 0 radical (unpaired) electrons. The molecule has 0 unspecified atom stereocenters. The molecule has 0 N–H and O–H groups in total. The summed E-state index contributed by atoms with van der Waals surface area (Å²) in [6.07, 6.45) is 0. The molecule has 2 aromatic carbocycles. The van der Waals surface area contributed by atoms with Crippen LogP contribution in [-0.2, 0) is 0 Å². The number of hydrogen-bond acceptors (Lipinski definition) is 2. The summed E-state index contributed by atoms with van der Waals surface area (Å²) in [5.41, 5.74) is 2.34. The van der Waals surface area contributed by atoms with Crippen molar-refractivity contribution in [2.45, 2.75) is 39.5 Å². The molecule has 0 aliphatic carbocycles. The van der Waals surface area contributed by atoms with Crippen molar-refractivity contribution in [3.63, 3.8) is 0 Å². The van der Waals surface area contributed by atoms with E-state index in [1.807, 2.05) is 36.4 Å². The Labute approximate surface area is 149 Å². The number of benzene rings is 2. The summed E-state index contributed by atoms with van der Waals surface area (Å²) >= 11 is 12.3. The second-order valence-electron chi connectivity index (χ2n) is 6.10. The zero-order valence-electron chi connectivity index (χ0n) is 13.9. The van der Waals surface area contributed by atoms with Crippen LogP contribution in [0.4, 0.5) is 0 Å². The van der Waals surface area contributed by atoms with Gasteiger partial charge in [0.25, 0.3) is 0 Å². The van der Waals surface area contributed by atoms with Gasteiger partial charge in [-0.15, -0.1) is 0 Å². The SMILES string of the molecule is CC(C)c1ccc(Cl)c(OBOc2cc(C(C)C)ccc2Cl)c1. The lowest BCUT2D eigenvalue weighted by Gasteiger charge is -2.14. The largest absolute Gasteiger partial charge is 0.576 e. The monoisotopic (exact) mass is 350 g/mol. The standard InChI is InChI=1S/C18H21BCl2O2/c1-11(2)13-5-7-15(20)17(9-13)22-19-23-18-10-14(12(3)4)6-8-16(18)21/h5-12,19H,1-4H3. The van der Waals surface area contributed by atoms with Gasteiger partial charge in [-0.1, -0.05) is 63.0 Å². The third kappa shape index (κ3) is 4.83. The van der Waals surface area contributed by atoms with Crippen LogP contribution in [0.1, 0.15) is 50.7 Å². The molecule has 0 spiro atoms. The maximum absolute atomic E-state index is 6.17. The molecule has 0 amide bonds. The molecule has 5 heteroatoms. The molecule has 2 nitrogen and oxygen atoms in total. The highest BCUT2D eigenvalue weighted by atomic mass is 35.5. The van der Waals surface area contributed by atoms with Crippen molar-refractivity contribution in [2.24, 2.45) is 0 Å². The molecule has 0 bridgehead atoms. The minimum atomic E-state index is 0.0581. The molecule has 0 saturated heterocycles. The second kappa shape index (κ2) is 7.98. The van der Waals surface area contributed by atoms with E-state index in [2.05, 4.69) is 27.7 Å². The van der Waals surface area contributed by atoms with Crippen LogP contribution in [-0.4, -0.2) is 7.69 Å². The van der Waals surface area contributed by atoms with Gasteiger partial charge in [0.1, 0.15) is 11.5 Å². The lowest BCUT2D eigenvalue weighted by atomic mass is 10.0. The van der Waals surface area contributed by atoms with E-state index in [1.165, 1.54) is 11.1 Å². The van der Waals surface area contributed by atoms with Gasteiger partial charge in [-0.2, -0.15) is 0 Å². The summed E-state index contributed by atoms with van der Waals surface area (Å²) in [5, 5.41) is 1.14. The fourth-order valence-corrected chi connectivity index (χ4v) is 2.48. The molecule has 0 fully saturated rings. The minimum Gasteiger partial charge on any atom is -0.527 e. The van der Waals surface area contributed by atoms with Crippen molar-refractivity contribution in [1.29, 1.82) is 0 Å². The lowest BCUT2D eigenvalue weighted by Crippen LogP contribution is -2.12. The third-order valence-electron chi connectivity index (χ3n) is 3.67. The average Bonchev–Trinajstić information content (AvgIpc) is 2.50. The van der Waals surface area contributed by atoms with Crippen molar-refractivity contribution in [2.75, 3.05) is 0 Å². The van der Waals surface area contributed by atoms with E-state index >= 15 is 0 Å². The smallest absolute Gasteiger partial charge is 0.527 e. The minimum absolute atomic E-state index is 0.0581. The van der Waals surface area contributed by atoms with Crippen LogP contribution in [0.5, 0.6) is 11.5 Å². The van der Waals surface area contributed by atoms with Gasteiger partial charge in [-0.3, -0.25) is 0 Å². The van der Waals surface area contributed by atoms with Gasteiger partial charge in [-0.05, 0) is 47.2 Å². The number of halogens is 2. The van der Waals surface area contributed by atoms with Gasteiger partial charge in [-0.25, -0.2) is 0 Å². The van der Waals surface area contributed by atoms with Crippen molar-refractivity contribution < 1.29 is 9.31 Å². The summed E-state index contributed by atoms with van der Waals surface area (Å²) in [5.74, 6) is 2.06. The molecule has 0 saturated carbocycles. The van der Waals surface area contributed by atoms with E-state index in [9.17, 15) is 0 Å². The van der Waals surface area contributed by atoms with Crippen LogP contribution in [0, 0.1) is 0 Å². The van der Waals surface area contributed by atoms with Gasteiger partial charge in [0.15, 0.2) is 0 Å². The molecule has 0 aliphatic heterocycles. The first-order valence-corrected chi connectivity index (χ1v) is 8.48. The van der Waals surface area contributed by atoms with Gasteiger partial charge >= 0.3 is 7.69 Å². The van der Waals surface area contributed by atoms with Crippen LogP contribution < -0.4 is 9.31 Å². The van der Waals surface area contributed by atoms with Crippen LogP contribution in [0.2, 0.25) is 10.0 Å². The zero-order chi connectivity index (χ0) is 17.0. The zero-order valence-corrected chi connectivity index (χ0v) is 15.4. The van der Waals surface area contributed by atoms with Crippen molar-refractivity contribution >= 4 is 30.9 Å². The Kier molecular flexibility index (Phi) is 6.26. The highest BCUT2D eigenvalue weighted by Crippen LogP contribution is 2.30. The first-order chi connectivity index (χ1) is 10.9. The Bertz CT molecular complexity index is 615. The molecule has 0 atom stereocenters. The topological polar surface area (TPSA) is 18.5 Å². The third-order valence-corrected chi connectivity index (χ3v) is 4.30. The van der Waals surface area contributed by atoms with Crippen molar-refractivity contribution in [1.82, 2.24) is 0 Å².